The van der Waals surface area contributed by atoms with E-state index >= 15 is 0 Å². The predicted molar refractivity (Wildman–Crippen MR) is 109 cm³/mol. The fraction of sp³-hybridized carbons (Fsp3) is 0.500. The monoisotopic (exact) mass is 443 g/mol. The zero-order valence-electron chi connectivity index (χ0n) is 17.1. The second kappa shape index (κ2) is 8.47. The number of benzene rings is 1. The van der Waals surface area contributed by atoms with Crippen molar-refractivity contribution in [1.29, 1.82) is 0 Å². The maximum Gasteiger partial charge on any atom is 0.435 e. The summed E-state index contributed by atoms with van der Waals surface area (Å²) in [6.07, 6.45) is -4.59. The maximum absolute atomic E-state index is 13.2. The lowest BCUT2D eigenvalue weighted by Gasteiger charge is -2.42. The number of amides is 2. The van der Waals surface area contributed by atoms with Crippen LogP contribution in [0.2, 0.25) is 5.02 Å². The molecule has 0 saturated carbocycles. The van der Waals surface area contributed by atoms with Crippen molar-refractivity contribution in [2.45, 2.75) is 39.0 Å². The van der Waals surface area contributed by atoms with Crippen LogP contribution in [0.4, 0.5) is 18.0 Å². The van der Waals surface area contributed by atoms with E-state index in [9.17, 15) is 18.0 Å². The van der Waals surface area contributed by atoms with Gasteiger partial charge in [-0.05, 0) is 45.0 Å². The lowest BCUT2D eigenvalue weighted by molar-refractivity contribution is -0.141. The minimum atomic E-state index is -4.59. The van der Waals surface area contributed by atoms with Gasteiger partial charge < -0.3 is 10.2 Å². The number of hydrogen-bond donors (Lipinski definition) is 1. The van der Waals surface area contributed by atoms with E-state index in [1.165, 1.54) is 6.07 Å². The molecule has 0 spiro atoms. The molecule has 0 aliphatic carbocycles. The van der Waals surface area contributed by atoms with Gasteiger partial charge in [-0.3, -0.25) is 4.90 Å². The Hall–Kier alpha value is -2.26. The molecule has 1 fully saturated rings. The fourth-order valence-corrected chi connectivity index (χ4v) is 3.56. The van der Waals surface area contributed by atoms with E-state index in [0.29, 0.717) is 23.8 Å². The number of nitrogens with one attached hydrogen (secondary N) is 1. The third kappa shape index (κ3) is 5.26. The molecule has 164 valence electrons. The Balaban J connectivity index is 1.72. The summed E-state index contributed by atoms with van der Waals surface area (Å²) in [5.41, 5.74) is -0.391. The van der Waals surface area contributed by atoms with Crippen LogP contribution in [-0.2, 0) is 12.7 Å². The zero-order valence-corrected chi connectivity index (χ0v) is 17.9. The second-order valence-electron chi connectivity index (χ2n) is 8.21. The number of nitrogens with zero attached hydrogens (tertiary/aromatic N) is 4. The van der Waals surface area contributed by atoms with Gasteiger partial charge in [0.2, 0.25) is 0 Å². The van der Waals surface area contributed by atoms with Crippen LogP contribution in [0.25, 0.3) is 5.69 Å². The minimum Gasteiger partial charge on any atom is -0.332 e. The first-order valence-electron chi connectivity index (χ1n) is 9.65. The van der Waals surface area contributed by atoms with Gasteiger partial charge in [0.1, 0.15) is 0 Å². The molecule has 0 unspecified atom stereocenters. The van der Waals surface area contributed by atoms with Gasteiger partial charge >= 0.3 is 12.2 Å². The van der Waals surface area contributed by atoms with Crippen LogP contribution < -0.4 is 5.32 Å². The van der Waals surface area contributed by atoms with Gasteiger partial charge in [0, 0.05) is 36.7 Å². The molecule has 2 aromatic rings. The summed E-state index contributed by atoms with van der Waals surface area (Å²) < 4.78 is 40.7. The Labute approximate surface area is 178 Å². The van der Waals surface area contributed by atoms with Crippen molar-refractivity contribution in [3.05, 3.63) is 46.7 Å². The fourth-order valence-electron chi connectivity index (χ4n) is 3.37. The van der Waals surface area contributed by atoms with Crippen LogP contribution in [0, 0.1) is 0 Å². The largest absolute Gasteiger partial charge is 0.435 e. The van der Waals surface area contributed by atoms with E-state index in [1.807, 2.05) is 0 Å². The molecular formula is C20H25ClF3N5O. The Bertz CT molecular complexity index is 899. The smallest absolute Gasteiger partial charge is 0.332 e. The third-order valence-corrected chi connectivity index (χ3v) is 5.30. The average Bonchev–Trinajstić information content (AvgIpc) is 3.10. The van der Waals surface area contributed by atoms with Crippen LogP contribution in [-0.4, -0.2) is 57.3 Å². The average molecular weight is 444 g/mol. The summed E-state index contributed by atoms with van der Waals surface area (Å²) in [5.74, 6) is 0. The summed E-state index contributed by atoms with van der Waals surface area (Å²) in [6.45, 7) is 8.89. The van der Waals surface area contributed by atoms with Gasteiger partial charge in [0.15, 0.2) is 5.69 Å². The van der Waals surface area contributed by atoms with Crippen molar-refractivity contribution < 1.29 is 18.0 Å². The van der Waals surface area contributed by atoms with Crippen molar-refractivity contribution in [2.24, 2.45) is 0 Å². The maximum atomic E-state index is 13.2. The van der Waals surface area contributed by atoms with Crippen molar-refractivity contribution in [1.82, 2.24) is 24.9 Å². The highest BCUT2D eigenvalue weighted by atomic mass is 35.5. The number of halogens is 4. The normalized spacial score (nSPS) is 16.0. The molecular weight excluding hydrogens is 419 g/mol. The van der Waals surface area contributed by atoms with Gasteiger partial charge in [0.25, 0.3) is 0 Å². The van der Waals surface area contributed by atoms with E-state index in [-0.39, 0.29) is 23.8 Å². The quantitative estimate of drug-likeness (QED) is 0.774. The van der Waals surface area contributed by atoms with Gasteiger partial charge in [-0.2, -0.15) is 18.3 Å². The Morgan fingerprint density at radius 1 is 1.13 bits per heavy atom. The number of hydrogen-bond acceptors (Lipinski definition) is 3. The molecule has 2 heterocycles. The summed E-state index contributed by atoms with van der Waals surface area (Å²) in [4.78, 5) is 16.5. The van der Waals surface area contributed by atoms with Gasteiger partial charge in [-0.25, -0.2) is 9.48 Å². The van der Waals surface area contributed by atoms with Crippen molar-refractivity contribution in [2.75, 3.05) is 26.2 Å². The van der Waals surface area contributed by atoms with Crippen LogP contribution >= 0.6 is 11.6 Å². The number of aromatic nitrogens is 2. The first-order valence-corrected chi connectivity index (χ1v) is 10.0. The molecule has 2 amide bonds. The molecule has 1 aromatic carbocycles. The summed E-state index contributed by atoms with van der Waals surface area (Å²) in [7, 11) is 0. The predicted octanol–water partition coefficient (Wildman–Crippen LogP) is 4.17. The van der Waals surface area contributed by atoms with Crippen LogP contribution in [0.1, 0.15) is 32.2 Å². The molecule has 1 saturated heterocycles. The van der Waals surface area contributed by atoms with Crippen molar-refractivity contribution >= 4 is 17.6 Å². The summed E-state index contributed by atoms with van der Waals surface area (Å²) in [6, 6.07) is 7.01. The van der Waals surface area contributed by atoms with Crippen LogP contribution in [0.3, 0.4) is 0 Å². The van der Waals surface area contributed by atoms with Gasteiger partial charge in [0.05, 0.1) is 17.9 Å². The molecule has 10 heteroatoms. The number of carbonyl (C=O) groups is 1. The Morgan fingerprint density at radius 2 is 1.80 bits per heavy atom. The van der Waals surface area contributed by atoms with E-state index in [1.54, 1.807) is 23.1 Å². The molecule has 0 radical (unpaired) electrons. The minimum absolute atomic E-state index is 0.0278. The molecule has 0 bridgehead atoms. The number of urea groups is 1. The second-order valence-corrected chi connectivity index (χ2v) is 8.65. The third-order valence-electron chi connectivity index (χ3n) is 5.06. The zero-order chi connectivity index (χ0) is 22.1. The van der Waals surface area contributed by atoms with E-state index < -0.39 is 11.9 Å². The number of carbonyl (C=O) groups excluding carboxylic acids is 1. The van der Waals surface area contributed by atoms with Crippen LogP contribution in [0.5, 0.6) is 0 Å². The molecule has 1 aliphatic heterocycles. The number of alkyl halides is 3. The lowest BCUT2D eigenvalue weighted by atomic mass is 10.1. The number of rotatable bonds is 3. The SMILES string of the molecule is CC(C)(C)N1CCN(C(=O)NCc2cc(C(F)(F)F)nn2-c2cccc(Cl)c2)CC1. The summed E-state index contributed by atoms with van der Waals surface area (Å²) in [5, 5.41) is 6.78. The standard InChI is InChI=1S/C20H25ClF3N5O/c1-19(2,3)28-9-7-27(8-10-28)18(30)25-13-16-12-17(20(22,23)24)26-29(16)15-6-4-5-14(21)11-15/h4-6,11-12H,7-10,13H2,1-3H3,(H,25,30). The summed E-state index contributed by atoms with van der Waals surface area (Å²) >= 11 is 5.97. The van der Waals surface area contributed by atoms with E-state index in [2.05, 4.69) is 36.1 Å². The van der Waals surface area contributed by atoms with Gasteiger partial charge in [-0.1, -0.05) is 17.7 Å². The molecule has 30 heavy (non-hydrogen) atoms. The molecule has 1 aromatic heterocycles. The molecule has 6 nitrogen and oxygen atoms in total. The first-order chi connectivity index (χ1) is 13.9. The molecule has 0 atom stereocenters. The molecule has 3 rings (SSSR count). The molecule has 1 N–H and O–H groups in total. The highest BCUT2D eigenvalue weighted by molar-refractivity contribution is 6.30. The van der Waals surface area contributed by atoms with Crippen LogP contribution in [0.15, 0.2) is 30.3 Å². The van der Waals surface area contributed by atoms with Crippen molar-refractivity contribution in [3.63, 3.8) is 0 Å². The Kier molecular flexibility index (Phi) is 6.33. The van der Waals surface area contributed by atoms with E-state index in [4.69, 9.17) is 11.6 Å². The van der Waals surface area contributed by atoms with E-state index in [0.717, 1.165) is 23.8 Å². The number of piperazine rings is 1. The lowest BCUT2D eigenvalue weighted by Crippen LogP contribution is -2.56. The molecule has 1 aliphatic rings. The topological polar surface area (TPSA) is 53.4 Å². The Morgan fingerprint density at radius 3 is 2.37 bits per heavy atom. The first kappa shape index (κ1) is 22.4. The highest BCUT2D eigenvalue weighted by Gasteiger charge is 2.35. The van der Waals surface area contributed by atoms with Gasteiger partial charge in [-0.15, -0.1) is 0 Å². The highest BCUT2D eigenvalue weighted by Crippen LogP contribution is 2.30. The van der Waals surface area contributed by atoms with Crippen molar-refractivity contribution in [3.8, 4) is 5.69 Å².